The van der Waals surface area contributed by atoms with Gasteiger partial charge in [-0.05, 0) is 58.4 Å². The van der Waals surface area contributed by atoms with Crippen molar-refractivity contribution >= 4 is 0 Å². The van der Waals surface area contributed by atoms with Gasteiger partial charge in [0.25, 0.3) is 0 Å². The lowest BCUT2D eigenvalue weighted by Gasteiger charge is -2.43. The molecule has 0 aromatic heterocycles. The van der Waals surface area contributed by atoms with Crippen molar-refractivity contribution in [1.82, 2.24) is 10.2 Å². The molecule has 3 nitrogen and oxygen atoms in total. The molecule has 0 aromatic rings. The number of nitrogens with one attached hydrogen (secondary N) is 1. The monoisotopic (exact) mass is 263 g/mol. The molecule has 0 amide bonds. The van der Waals surface area contributed by atoms with Crippen LogP contribution >= 0.6 is 0 Å². The van der Waals surface area contributed by atoms with Crippen LogP contribution in [-0.2, 0) is 0 Å². The van der Waals surface area contributed by atoms with Crippen molar-refractivity contribution in [2.45, 2.75) is 76.9 Å². The molecule has 1 unspecified atom stereocenters. The van der Waals surface area contributed by atoms with Gasteiger partial charge in [-0.2, -0.15) is 5.26 Å². The Morgan fingerprint density at radius 3 is 2.32 bits per heavy atom. The third kappa shape index (κ3) is 3.30. The molecule has 3 heteroatoms. The number of hydrogen-bond acceptors (Lipinski definition) is 3. The molecule has 0 aromatic carbocycles. The molecule has 2 rings (SSSR count). The second kappa shape index (κ2) is 6.24. The van der Waals surface area contributed by atoms with Crippen molar-refractivity contribution in [2.75, 3.05) is 13.1 Å². The molecule has 1 saturated carbocycles. The highest BCUT2D eigenvalue weighted by Crippen LogP contribution is 2.41. The van der Waals surface area contributed by atoms with Crippen LogP contribution in [0, 0.1) is 17.2 Å². The van der Waals surface area contributed by atoms with Gasteiger partial charge in [0.15, 0.2) is 0 Å². The largest absolute Gasteiger partial charge is 0.298 e. The van der Waals surface area contributed by atoms with Crippen molar-refractivity contribution in [3.63, 3.8) is 0 Å². The SMILES string of the molecule is CCCNC(C#N)(CN1[C@H](C)CCC[C@@H]1C)C1CC1. The second-order valence-electron chi connectivity index (χ2n) is 6.59. The molecule has 2 fully saturated rings. The lowest BCUT2D eigenvalue weighted by atomic mass is 9.89. The van der Waals surface area contributed by atoms with Crippen molar-refractivity contribution in [2.24, 2.45) is 5.92 Å². The molecule has 1 heterocycles. The first-order chi connectivity index (χ1) is 9.13. The van der Waals surface area contributed by atoms with Gasteiger partial charge in [0.2, 0.25) is 0 Å². The van der Waals surface area contributed by atoms with E-state index in [4.69, 9.17) is 0 Å². The van der Waals surface area contributed by atoms with Crippen LogP contribution in [0.25, 0.3) is 0 Å². The lowest BCUT2D eigenvalue weighted by Crippen LogP contribution is -2.58. The average Bonchev–Trinajstić information content (AvgIpc) is 3.23. The van der Waals surface area contributed by atoms with E-state index in [0.717, 1.165) is 19.5 Å². The third-order valence-corrected chi connectivity index (χ3v) is 4.97. The first kappa shape index (κ1) is 14.8. The summed E-state index contributed by atoms with van der Waals surface area (Å²) in [4.78, 5) is 2.58. The summed E-state index contributed by atoms with van der Waals surface area (Å²) in [6.07, 6.45) is 7.45. The summed E-state index contributed by atoms with van der Waals surface area (Å²) in [5.41, 5.74) is -0.296. The maximum absolute atomic E-state index is 9.78. The number of nitriles is 1. The molecule has 1 aliphatic carbocycles. The van der Waals surface area contributed by atoms with Gasteiger partial charge < -0.3 is 0 Å². The molecule has 1 saturated heterocycles. The van der Waals surface area contributed by atoms with Crippen molar-refractivity contribution in [3.05, 3.63) is 0 Å². The van der Waals surface area contributed by atoms with Gasteiger partial charge in [-0.1, -0.05) is 13.3 Å². The van der Waals surface area contributed by atoms with Crippen LogP contribution in [0.15, 0.2) is 0 Å². The van der Waals surface area contributed by atoms with Gasteiger partial charge >= 0.3 is 0 Å². The molecule has 108 valence electrons. The van der Waals surface area contributed by atoms with Gasteiger partial charge in [0.1, 0.15) is 5.54 Å². The highest BCUT2D eigenvalue weighted by molar-refractivity contribution is 5.17. The Bertz CT molecular complexity index is 321. The standard InChI is InChI=1S/C16H29N3/c1-4-10-18-16(11-17,15-8-9-15)12-19-13(2)6-5-7-14(19)3/h13-15,18H,4-10,12H2,1-3H3/t13-,14+,16?. The van der Waals surface area contributed by atoms with Gasteiger partial charge in [0, 0.05) is 18.6 Å². The van der Waals surface area contributed by atoms with Gasteiger partial charge in [0.05, 0.1) is 6.07 Å². The lowest BCUT2D eigenvalue weighted by molar-refractivity contribution is 0.0726. The molecule has 1 aliphatic heterocycles. The van der Waals surface area contributed by atoms with E-state index in [1.54, 1.807) is 0 Å². The summed E-state index contributed by atoms with van der Waals surface area (Å²) in [5, 5.41) is 13.4. The summed E-state index contributed by atoms with van der Waals surface area (Å²) in [6.45, 7) is 8.69. The predicted octanol–water partition coefficient (Wildman–Crippen LogP) is 2.92. The van der Waals surface area contributed by atoms with Gasteiger partial charge in [-0.25, -0.2) is 0 Å². The van der Waals surface area contributed by atoms with E-state index in [1.165, 1.54) is 32.1 Å². The quantitative estimate of drug-likeness (QED) is 0.801. The summed E-state index contributed by atoms with van der Waals surface area (Å²) in [7, 11) is 0. The molecular weight excluding hydrogens is 234 g/mol. The molecule has 0 spiro atoms. The van der Waals surface area contributed by atoms with Gasteiger partial charge in [-0.15, -0.1) is 0 Å². The van der Waals surface area contributed by atoms with Crippen LogP contribution < -0.4 is 5.32 Å². The Morgan fingerprint density at radius 1 is 1.21 bits per heavy atom. The van der Waals surface area contributed by atoms with Crippen LogP contribution in [0.3, 0.4) is 0 Å². The Kier molecular flexibility index (Phi) is 4.86. The van der Waals surface area contributed by atoms with Crippen molar-refractivity contribution < 1.29 is 0 Å². The van der Waals surface area contributed by atoms with Crippen molar-refractivity contribution in [3.8, 4) is 6.07 Å². The normalized spacial score (nSPS) is 31.7. The zero-order valence-electron chi connectivity index (χ0n) is 12.8. The van der Waals surface area contributed by atoms with Crippen LogP contribution in [0.1, 0.15) is 59.3 Å². The highest BCUT2D eigenvalue weighted by Gasteiger charge is 2.47. The third-order valence-electron chi connectivity index (χ3n) is 4.97. The minimum Gasteiger partial charge on any atom is -0.298 e. The molecule has 0 radical (unpaired) electrons. The number of likely N-dealkylation sites (tertiary alicyclic amines) is 1. The smallest absolute Gasteiger partial charge is 0.122 e. The summed E-state index contributed by atoms with van der Waals surface area (Å²) >= 11 is 0. The summed E-state index contributed by atoms with van der Waals surface area (Å²) in [6, 6.07) is 3.90. The van der Waals surface area contributed by atoms with E-state index >= 15 is 0 Å². The minimum atomic E-state index is -0.296. The molecule has 0 bridgehead atoms. The molecule has 19 heavy (non-hydrogen) atoms. The van der Waals surface area contributed by atoms with Crippen molar-refractivity contribution in [1.29, 1.82) is 5.26 Å². The maximum Gasteiger partial charge on any atom is 0.122 e. The Balaban J connectivity index is 2.08. The topological polar surface area (TPSA) is 39.1 Å². The fourth-order valence-electron chi connectivity index (χ4n) is 3.49. The van der Waals surface area contributed by atoms with Gasteiger partial charge in [-0.3, -0.25) is 10.2 Å². The van der Waals surface area contributed by atoms with Crippen LogP contribution in [0.5, 0.6) is 0 Å². The molecule has 1 N–H and O–H groups in total. The second-order valence-corrected chi connectivity index (χ2v) is 6.59. The van der Waals surface area contributed by atoms with Crippen LogP contribution in [0.4, 0.5) is 0 Å². The first-order valence-corrected chi connectivity index (χ1v) is 8.05. The number of rotatable bonds is 6. The van der Waals surface area contributed by atoms with E-state index in [0.29, 0.717) is 18.0 Å². The predicted molar refractivity (Wildman–Crippen MR) is 78.8 cm³/mol. The zero-order valence-corrected chi connectivity index (χ0v) is 12.8. The molecule has 2 aliphatic rings. The first-order valence-electron chi connectivity index (χ1n) is 8.05. The fraction of sp³-hybridized carbons (Fsp3) is 0.938. The maximum atomic E-state index is 9.78. The Labute approximate surface area is 118 Å². The summed E-state index contributed by atoms with van der Waals surface area (Å²) < 4.78 is 0. The number of hydrogen-bond donors (Lipinski definition) is 1. The molecular formula is C16H29N3. The minimum absolute atomic E-state index is 0.296. The molecule has 3 atom stereocenters. The number of nitrogens with zero attached hydrogens (tertiary/aromatic N) is 2. The van der Waals surface area contributed by atoms with Crippen LogP contribution in [0.2, 0.25) is 0 Å². The average molecular weight is 263 g/mol. The summed E-state index contributed by atoms with van der Waals surface area (Å²) in [5.74, 6) is 0.574. The highest BCUT2D eigenvalue weighted by atomic mass is 15.2. The van der Waals surface area contributed by atoms with E-state index in [1.807, 2.05) is 0 Å². The van der Waals surface area contributed by atoms with Crippen LogP contribution in [-0.4, -0.2) is 35.6 Å². The fourth-order valence-corrected chi connectivity index (χ4v) is 3.49. The van der Waals surface area contributed by atoms with E-state index in [-0.39, 0.29) is 5.54 Å². The van der Waals surface area contributed by atoms with E-state index in [2.05, 4.69) is 37.1 Å². The zero-order chi connectivity index (χ0) is 13.9. The Morgan fingerprint density at radius 2 is 1.84 bits per heavy atom. The van der Waals surface area contributed by atoms with E-state index < -0.39 is 0 Å². The van der Waals surface area contributed by atoms with E-state index in [9.17, 15) is 5.26 Å². The Hall–Kier alpha value is -0.590. The number of piperidine rings is 1.